The molecule has 0 unspecified atom stereocenters. The number of carbonyl (C=O) groups excluding carboxylic acids is 1. The first kappa shape index (κ1) is 13.8. The fourth-order valence-electron chi connectivity index (χ4n) is 2.18. The number of hydrogen-bond donors (Lipinski definition) is 2. The predicted octanol–water partition coefficient (Wildman–Crippen LogP) is 0.692. The molecule has 1 heterocycles. The Morgan fingerprint density at radius 3 is 2.35 bits per heavy atom. The summed E-state index contributed by atoms with van der Waals surface area (Å²) in [5.74, 6) is -0.320. The van der Waals surface area contributed by atoms with E-state index >= 15 is 0 Å². The van der Waals surface area contributed by atoms with Gasteiger partial charge in [0.1, 0.15) is 0 Å². The highest BCUT2D eigenvalue weighted by Crippen LogP contribution is 2.36. The summed E-state index contributed by atoms with van der Waals surface area (Å²) in [5.41, 5.74) is -0.712. The lowest BCUT2D eigenvalue weighted by Crippen LogP contribution is -2.47. The molecule has 0 aromatic carbocycles. The Bertz CT molecular complexity index is 284. The second kappa shape index (κ2) is 5.86. The average molecular weight is 245 g/mol. The molecule has 0 atom stereocenters. The summed E-state index contributed by atoms with van der Waals surface area (Å²) in [5, 5.41) is 17.9. The first-order valence-electron chi connectivity index (χ1n) is 5.81. The number of rotatable bonds is 4. The Morgan fingerprint density at radius 2 is 1.94 bits per heavy atom. The zero-order chi connectivity index (χ0) is 12.9. The highest BCUT2D eigenvalue weighted by Gasteiger charge is 2.42. The number of carboxylic acid groups (broad SMARTS) is 1. The topological polar surface area (TPSA) is 87.1 Å². The van der Waals surface area contributed by atoms with Crippen LogP contribution < -0.4 is 0 Å². The fraction of sp³-hybridized carbons (Fsp3) is 0.818. The third kappa shape index (κ3) is 3.09. The molecule has 6 nitrogen and oxygen atoms in total. The maximum Gasteiger partial charge on any atom is 0.407 e. The molecule has 1 aliphatic rings. The number of aliphatic hydroxyl groups excluding tert-OH is 1. The minimum atomic E-state index is -0.966. The summed E-state index contributed by atoms with van der Waals surface area (Å²) < 4.78 is 5.02. The standard InChI is InChI=1S/C11H19NO5/c1-2-17-9(14)11(5-8-13)3-6-12(7-4-11)10(15)16/h13H,2-8H2,1H3,(H,15,16). The van der Waals surface area contributed by atoms with E-state index < -0.39 is 11.5 Å². The molecule has 0 radical (unpaired) electrons. The third-order valence-corrected chi connectivity index (χ3v) is 3.29. The molecule has 0 aromatic heterocycles. The smallest absolute Gasteiger partial charge is 0.407 e. The summed E-state index contributed by atoms with van der Waals surface area (Å²) in [6.07, 6.45) is 0.197. The lowest BCUT2D eigenvalue weighted by molar-refractivity contribution is -0.159. The van der Waals surface area contributed by atoms with Crippen LogP contribution in [0.2, 0.25) is 0 Å². The molecule has 1 fully saturated rings. The van der Waals surface area contributed by atoms with E-state index in [2.05, 4.69) is 0 Å². The van der Waals surface area contributed by atoms with Crippen molar-refractivity contribution in [3.05, 3.63) is 0 Å². The molecule has 1 rings (SSSR count). The average Bonchev–Trinajstić information content (AvgIpc) is 2.30. The van der Waals surface area contributed by atoms with Gasteiger partial charge in [-0.1, -0.05) is 0 Å². The van der Waals surface area contributed by atoms with Crippen LogP contribution in [0.5, 0.6) is 0 Å². The Balaban J connectivity index is 2.69. The molecule has 2 N–H and O–H groups in total. The van der Waals surface area contributed by atoms with Gasteiger partial charge in [-0.2, -0.15) is 0 Å². The van der Waals surface area contributed by atoms with Gasteiger partial charge in [0.25, 0.3) is 0 Å². The number of nitrogens with zero attached hydrogens (tertiary/aromatic N) is 1. The molecule has 6 heteroatoms. The third-order valence-electron chi connectivity index (χ3n) is 3.29. The van der Waals surface area contributed by atoms with E-state index in [0.717, 1.165) is 0 Å². The molecule has 0 saturated carbocycles. The normalized spacial score (nSPS) is 18.8. The van der Waals surface area contributed by atoms with Crippen LogP contribution in [0.3, 0.4) is 0 Å². The molecule has 0 spiro atoms. The lowest BCUT2D eigenvalue weighted by Gasteiger charge is -2.38. The number of aliphatic hydroxyl groups is 1. The van der Waals surface area contributed by atoms with Gasteiger partial charge in [-0.3, -0.25) is 4.79 Å². The van der Waals surface area contributed by atoms with Crippen molar-refractivity contribution in [2.24, 2.45) is 5.41 Å². The van der Waals surface area contributed by atoms with E-state index in [1.54, 1.807) is 6.92 Å². The quantitative estimate of drug-likeness (QED) is 0.712. The van der Waals surface area contributed by atoms with E-state index in [1.807, 2.05) is 0 Å². The summed E-state index contributed by atoms with van der Waals surface area (Å²) in [6, 6.07) is 0. The van der Waals surface area contributed by atoms with Crippen LogP contribution in [0, 0.1) is 5.41 Å². The van der Waals surface area contributed by atoms with E-state index in [9.17, 15) is 9.59 Å². The van der Waals surface area contributed by atoms with Gasteiger partial charge < -0.3 is 19.8 Å². The highest BCUT2D eigenvalue weighted by atomic mass is 16.5. The predicted molar refractivity (Wildman–Crippen MR) is 59.6 cm³/mol. The Hall–Kier alpha value is -1.30. The van der Waals surface area contributed by atoms with Gasteiger partial charge in [0, 0.05) is 19.7 Å². The molecule has 0 aliphatic carbocycles. The van der Waals surface area contributed by atoms with E-state index in [-0.39, 0.29) is 12.6 Å². The van der Waals surface area contributed by atoms with Gasteiger partial charge in [-0.05, 0) is 26.2 Å². The van der Waals surface area contributed by atoms with Crippen molar-refractivity contribution in [2.75, 3.05) is 26.3 Å². The van der Waals surface area contributed by atoms with Gasteiger partial charge in [-0.15, -0.1) is 0 Å². The van der Waals surface area contributed by atoms with Crippen molar-refractivity contribution in [1.82, 2.24) is 4.90 Å². The largest absolute Gasteiger partial charge is 0.466 e. The van der Waals surface area contributed by atoms with Crippen LogP contribution in [0.4, 0.5) is 4.79 Å². The Labute approximate surface area is 100 Å². The van der Waals surface area contributed by atoms with Crippen LogP contribution in [0.15, 0.2) is 0 Å². The molecule has 17 heavy (non-hydrogen) atoms. The molecular weight excluding hydrogens is 226 g/mol. The summed E-state index contributed by atoms with van der Waals surface area (Å²) in [6.45, 7) is 2.57. The van der Waals surface area contributed by atoms with Crippen LogP contribution in [-0.4, -0.2) is 53.5 Å². The minimum Gasteiger partial charge on any atom is -0.466 e. The molecule has 0 aromatic rings. The molecule has 1 amide bonds. The van der Waals surface area contributed by atoms with Crippen LogP contribution in [0.1, 0.15) is 26.2 Å². The number of ether oxygens (including phenoxy) is 1. The number of carbonyl (C=O) groups is 2. The summed E-state index contributed by atoms with van der Waals surface area (Å²) >= 11 is 0. The monoisotopic (exact) mass is 245 g/mol. The number of piperidine rings is 1. The fourth-order valence-corrected chi connectivity index (χ4v) is 2.18. The van der Waals surface area contributed by atoms with Gasteiger partial charge in [0.05, 0.1) is 12.0 Å². The maximum absolute atomic E-state index is 11.9. The molecule has 1 saturated heterocycles. The van der Waals surface area contributed by atoms with E-state index in [0.29, 0.717) is 39.0 Å². The number of likely N-dealkylation sites (tertiary alicyclic amines) is 1. The van der Waals surface area contributed by atoms with Crippen LogP contribution in [0.25, 0.3) is 0 Å². The number of hydrogen-bond acceptors (Lipinski definition) is 4. The maximum atomic E-state index is 11.9. The van der Waals surface area contributed by atoms with Crippen molar-refractivity contribution >= 4 is 12.1 Å². The van der Waals surface area contributed by atoms with Crippen LogP contribution >= 0.6 is 0 Å². The van der Waals surface area contributed by atoms with E-state index in [4.69, 9.17) is 14.9 Å². The molecule has 98 valence electrons. The minimum absolute atomic E-state index is 0.0914. The highest BCUT2D eigenvalue weighted by molar-refractivity contribution is 5.77. The van der Waals surface area contributed by atoms with Crippen molar-refractivity contribution in [2.45, 2.75) is 26.2 Å². The first-order chi connectivity index (χ1) is 8.05. The Kier molecular flexibility index (Phi) is 4.74. The van der Waals surface area contributed by atoms with Crippen molar-refractivity contribution < 1.29 is 24.5 Å². The zero-order valence-electron chi connectivity index (χ0n) is 10.0. The van der Waals surface area contributed by atoms with Gasteiger partial charge in [0.2, 0.25) is 0 Å². The van der Waals surface area contributed by atoms with Crippen molar-refractivity contribution in [3.63, 3.8) is 0 Å². The summed E-state index contributed by atoms with van der Waals surface area (Å²) in [7, 11) is 0. The van der Waals surface area contributed by atoms with Gasteiger partial charge in [0.15, 0.2) is 0 Å². The second-order valence-electron chi connectivity index (χ2n) is 4.24. The van der Waals surface area contributed by atoms with Gasteiger partial charge in [-0.25, -0.2) is 4.79 Å². The van der Waals surface area contributed by atoms with Crippen LogP contribution in [-0.2, 0) is 9.53 Å². The second-order valence-corrected chi connectivity index (χ2v) is 4.24. The first-order valence-corrected chi connectivity index (χ1v) is 5.81. The lowest BCUT2D eigenvalue weighted by atomic mass is 9.76. The molecular formula is C11H19NO5. The molecule has 0 bridgehead atoms. The number of esters is 1. The number of amides is 1. The molecule has 1 aliphatic heterocycles. The van der Waals surface area contributed by atoms with Crippen molar-refractivity contribution in [3.8, 4) is 0 Å². The van der Waals surface area contributed by atoms with Crippen molar-refractivity contribution in [1.29, 1.82) is 0 Å². The van der Waals surface area contributed by atoms with E-state index in [1.165, 1.54) is 4.90 Å². The Morgan fingerprint density at radius 1 is 1.35 bits per heavy atom. The summed E-state index contributed by atoms with van der Waals surface area (Å²) in [4.78, 5) is 24.0. The zero-order valence-corrected chi connectivity index (χ0v) is 10.0. The SMILES string of the molecule is CCOC(=O)C1(CCO)CCN(C(=O)O)CC1. The van der Waals surface area contributed by atoms with Gasteiger partial charge >= 0.3 is 12.1 Å².